The molecule has 1 aromatic heterocycles. The second-order valence-corrected chi connectivity index (χ2v) is 6.85. The maximum Gasteiger partial charge on any atom is 0.227 e. The highest BCUT2D eigenvalue weighted by Gasteiger charge is 2.27. The Labute approximate surface area is 148 Å². The number of carbonyl (C=O) groups is 1. The van der Waals surface area contributed by atoms with E-state index >= 15 is 0 Å². The maximum absolute atomic E-state index is 12.6. The fourth-order valence-corrected chi connectivity index (χ4v) is 3.12. The molecule has 134 valence electrons. The number of ether oxygens (including phenoxy) is 1. The number of amides is 1. The van der Waals surface area contributed by atoms with Gasteiger partial charge in [0.1, 0.15) is 12.4 Å². The molecule has 1 unspecified atom stereocenters. The highest BCUT2D eigenvalue weighted by atomic mass is 16.5. The smallest absolute Gasteiger partial charge is 0.227 e. The number of aryl methyl sites for hydroxylation is 2. The Bertz CT molecular complexity index is 739. The van der Waals surface area contributed by atoms with E-state index in [9.17, 15) is 4.79 Å². The van der Waals surface area contributed by atoms with Gasteiger partial charge in [0.05, 0.1) is 6.20 Å². The molecule has 0 bridgehead atoms. The Morgan fingerprint density at radius 1 is 1.44 bits per heavy atom. The zero-order valence-electron chi connectivity index (χ0n) is 15.2. The first-order chi connectivity index (χ1) is 12.0. The van der Waals surface area contributed by atoms with Gasteiger partial charge in [0.25, 0.3) is 0 Å². The lowest BCUT2D eigenvalue weighted by Crippen LogP contribution is -2.28. The van der Waals surface area contributed by atoms with Gasteiger partial charge >= 0.3 is 0 Å². The zero-order valence-corrected chi connectivity index (χ0v) is 15.2. The quantitative estimate of drug-likeness (QED) is 0.873. The molecule has 6 heteroatoms. The highest BCUT2D eigenvalue weighted by molar-refractivity contribution is 5.93. The number of rotatable bonds is 6. The van der Waals surface area contributed by atoms with Crippen molar-refractivity contribution < 1.29 is 9.53 Å². The van der Waals surface area contributed by atoms with Crippen LogP contribution in [0.5, 0.6) is 5.75 Å². The van der Waals surface area contributed by atoms with Crippen LogP contribution >= 0.6 is 0 Å². The van der Waals surface area contributed by atoms with Crippen LogP contribution in [0.2, 0.25) is 0 Å². The number of aromatic nitrogens is 2. The molecular formula is C19H26N4O2. The van der Waals surface area contributed by atoms with Crippen molar-refractivity contribution in [2.75, 3.05) is 32.6 Å². The van der Waals surface area contributed by atoms with Crippen LogP contribution in [0.15, 0.2) is 30.5 Å². The Morgan fingerprint density at radius 2 is 2.28 bits per heavy atom. The number of benzene rings is 1. The van der Waals surface area contributed by atoms with Crippen molar-refractivity contribution in [1.29, 1.82) is 0 Å². The van der Waals surface area contributed by atoms with Crippen molar-refractivity contribution in [2.45, 2.75) is 19.3 Å². The van der Waals surface area contributed by atoms with Crippen LogP contribution in [0, 0.1) is 5.92 Å². The van der Waals surface area contributed by atoms with Gasteiger partial charge in [-0.25, -0.2) is 0 Å². The number of carbonyl (C=O) groups excluding carboxylic acids is 1. The van der Waals surface area contributed by atoms with Gasteiger partial charge in [-0.05, 0) is 44.6 Å². The third-order valence-electron chi connectivity index (χ3n) is 4.63. The van der Waals surface area contributed by atoms with Gasteiger partial charge < -0.3 is 15.0 Å². The summed E-state index contributed by atoms with van der Waals surface area (Å²) in [6, 6.07) is 7.59. The van der Waals surface area contributed by atoms with Gasteiger partial charge in [-0.15, -0.1) is 0 Å². The molecule has 1 aromatic carbocycles. The summed E-state index contributed by atoms with van der Waals surface area (Å²) >= 11 is 0. The number of nitrogens with one attached hydrogen (secondary N) is 1. The third kappa shape index (κ3) is 4.39. The first-order valence-corrected chi connectivity index (χ1v) is 8.71. The fraction of sp³-hybridized carbons (Fsp3) is 0.474. The van der Waals surface area contributed by atoms with Crippen LogP contribution in [0.3, 0.4) is 0 Å². The SMILES string of the molecule is CN(C)CCOc1cccc(NC(=O)C2CCc3cnn(C)c3C2)c1. The minimum absolute atomic E-state index is 0.0128. The summed E-state index contributed by atoms with van der Waals surface area (Å²) in [6.45, 7) is 1.47. The topological polar surface area (TPSA) is 59.4 Å². The molecule has 3 rings (SSSR count). The molecule has 0 saturated carbocycles. The van der Waals surface area contributed by atoms with E-state index in [0.29, 0.717) is 6.61 Å². The van der Waals surface area contributed by atoms with Gasteiger partial charge in [0.2, 0.25) is 5.91 Å². The number of fused-ring (bicyclic) bond motifs is 1. The van der Waals surface area contributed by atoms with Crippen LogP contribution in [0.4, 0.5) is 5.69 Å². The van der Waals surface area contributed by atoms with Crippen molar-refractivity contribution >= 4 is 11.6 Å². The molecule has 0 aliphatic heterocycles. The van der Waals surface area contributed by atoms with Gasteiger partial charge in [0.15, 0.2) is 0 Å². The number of anilines is 1. The lowest BCUT2D eigenvalue weighted by atomic mass is 9.87. The first kappa shape index (κ1) is 17.5. The summed E-state index contributed by atoms with van der Waals surface area (Å²) < 4.78 is 7.61. The molecule has 1 N–H and O–H groups in total. The summed E-state index contributed by atoms with van der Waals surface area (Å²) in [6.07, 6.45) is 4.44. The van der Waals surface area contributed by atoms with Crippen LogP contribution in [-0.4, -0.2) is 47.8 Å². The average molecular weight is 342 g/mol. The second kappa shape index (κ2) is 7.70. The van der Waals surface area contributed by atoms with Gasteiger partial charge in [0, 0.05) is 43.4 Å². The Morgan fingerprint density at radius 3 is 3.08 bits per heavy atom. The van der Waals surface area contributed by atoms with E-state index in [1.165, 1.54) is 11.3 Å². The molecule has 1 aliphatic carbocycles. The van der Waals surface area contributed by atoms with E-state index in [2.05, 4.69) is 15.3 Å². The average Bonchev–Trinajstić information content (AvgIpc) is 2.95. The summed E-state index contributed by atoms with van der Waals surface area (Å²) in [5.74, 6) is 0.829. The van der Waals surface area contributed by atoms with Gasteiger partial charge in [-0.3, -0.25) is 9.48 Å². The van der Waals surface area contributed by atoms with Crippen molar-refractivity contribution in [3.63, 3.8) is 0 Å². The number of hydrogen-bond acceptors (Lipinski definition) is 4. The number of hydrogen-bond donors (Lipinski definition) is 1. The maximum atomic E-state index is 12.6. The Kier molecular flexibility index (Phi) is 5.38. The standard InChI is InChI=1S/C19H26N4O2/c1-22(2)9-10-25-17-6-4-5-16(12-17)21-19(24)14-7-8-15-13-20-23(3)18(15)11-14/h4-6,12-14H,7-11H2,1-3H3,(H,21,24). The van der Waals surface area contributed by atoms with E-state index in [1.807, 2.05) is 56.3 Å². The van der Waals surface area contributed by atoms with Crippen LogP contribution in [-0.2, 0) is 24.7 Å². The molecule has 0 saturated heterocycles. The van der Waals surface area contributed by atoms with Crippen molar-refractivity contribution in [3.05, 3.63) is 41.7 Å². The van der Waals surface area contributed by atoms with Crippen LogP contribution in [0.25, 0.3) is 0 Å². The molecule has 25 heavy (non-hydrogen) atoms. The largest absolute Gasteiger partial charge is 0.492 e. The Balaban J connectivity index is 1.59. The predicted octanol–water partition coefficient (Wildman–Crippen LogP) is 2.10. The molecule has 6 nitrogen and oxygen atoms in total. The first-order valence-electron chi connectivity index (χ1n) is 8.71. The van der Waals surface area contributed by atoms with Gasteiger partial charge in [-0.2, -0.15) is 5.10 Å². The zero-order chi connectivity index (χ0) is 17.8. The lowest BCUT2D eigenvalue weighted by Gasteiger charge is -2.22. The van der Waals surface area contributed by atoms with E-state index in [-0.39, 0.29) is 11.8 Å². The summed E-state index contributed by atoms with van der Waals surface area (Å²) in [7, 11) is 5.96. The minimum Gasteiger partial charge on any atom is -0.492 e. The summed E-state index contributed by atoms with van der Waals surface area (Å²) in [5.41, 5.74) is 3.22. The van der Waals surface area contributed by atoms with E-state index < -0.39 is 0 Å². The summed E-state index contributed by atoms with van der Waals surface area (Å²) in [4.78, 5) is 14.7. The van der Waals surface area contributed by atoms with E-state index in [1.54, 1.807) is 0 Å². The molecule has 0 spiro atoms. The molecule has 1 amide bonds. The predicted molar refractivity (Wildman–Crippen MR) is 97.8 cm³/mol. The Hall–Kier alpha value is -2.34. The van der Waals surface area contributed by atoms with Gasteiger partial charge in [-0.1, -0.05) is 6.07 Å². The van der Waals surface area contributed by atoms with Crippen molar-refractivity contribution in [2.24, 2.45) is 13.0 Å². The third-order valence-corrected chi connectivity index (χ3v) is 4.63. The monoisotopic (exact) mass is 342 g/mol. The molecule has 0 radical (unpaired) electrons. The lowest BCUT2D eigenvalue weighted by molar-refractivity contribution is -0.120. The van der Waals surface area contributed by atoms with Crippen molar-refractivity contribution in [1.82, 2.24) is 14.7 Å². The normalized spacial score (nSPS) is 16.6. The minimum atomic E-state index is -0.0128. The van der Waals surface area contributed by atoms with E-state index in [0.717, 1.165) is 37.2 Å². The molecular weight excluding hydrogens is 316 g/mol. The fourth-order valence-electron chi connectivity index (χ4n) is 3.12. The molecule has 1 heterocycles. The molecule has 0 fully saturated rings. The summed E-state index contributed by atoms with van der Waals surface area (Å²) in [5, 5.41) is 7.33. The number of likely N-dealkylation sites (N-methyl/N-ethyl adjacent to an activating group) is 1. The van der Waals surface area contributed by atoms with E-state index in [4.69, 9.17) is 4.74 Å². The van der Waals surface area contributed by atoms with Crippen LogP contribution in [0.1, 0.15) is 17.7 Å². The van der Waals surface area contributed by atoms with Crippen LogP contribution < -0.4 is 10.1 Å². The second-order valence-electron chi connectivity index (χ2n) is 6.85. The molecule has 2 aromatic rings. The highest BCUT2D eigenvalue weighted by Crippen LogP contribution is 2.26. The van der Waals surface area contributed by atoms with Crippen molar-refractivity contribution in [3.8, 4) is 5.75 Å². The number of nitrogens with zero attached hydrogens (tertiary/aromatic N) is 3. The molecule has 1 atom stereocenters. The molecule has 1 aliphatic rings.